The van der Waals surface area contributed by atoms with E-state index in [-0.39, 0.29) is 5.82 Å². The van der Waals surface area contributed by atoms with Crippen molar-refractivity contribution in [3.8, 4) is 0 Å². The quantitative estimate of drug-likeness (QED) is 0.510. The van der Waals surface area contributed by atoms with Crippen LogP contribution in [-0.4, -0.2) is 0 Å². The first-order chi connectivity index (χ1) is 4.22. The van der Waals surface area contributed by atoms with Crippen molar-refractivity contribution in [2.45, 2.75) is 0 Å². The standard InChI is InChI=1S/C6H3BrFI/c7-6-4(8)2-1-3-5(6)9/h1-3H. The zero-order chi connectivity index (χ0) is 6.85. The van der Waals surface area contributed by atoms with Gasteiger partial charge in [0, 0.05) is 3.57 Å². The van der Waals surface area contributed by atoms with E-state index in [2.05, 4.69) is 38.5 Å². The lowest BCUT2D eigenvalue weighted by Gasteiger charge is -1.93. The Labute approximate surface area is 74.7 Å². The van der Waals surface area contributed by atoms with Gasteiger partial charge in [0.1, 0.15) is 5.82 Å². The number of benzene rings is 1. The lowest BCUT2D eigenvalue weighted by atomic mass is 10.4. The molecule has 0 saturated heterocycles. The summed E-state index contributed by atoms with van der Waals surface area (Å²) in [5.41, 5.74) is 0. The van der Waals surface area contributed by atoms with Crippen LogP contribution >= 0.6 is 38.5 Å². The van der Waals surface area contributed by atoms with Crippen LogP contribution in [0.2, 0.25) is 0 Å². The minimum Gasteiger partial charge on any atom is -0.206 e. The van der Waals surface area contributed by atoms with Crippen LogP contribution in [0.25, 0.3) is 0 Å². The van der Waals surface area contributed by atoms with Gasteiger partial charge >= 0.3 is 0 Å². The van der Waals surface area contributed by atoms with Crippen molar-refractivity contribution < 1.29 is 4.39 Å². The Morgan fingerprint density at radius 1 is 1.44 bits per heavy atom. The maximum Gasteiger partial charge on any atom is 0.138 e. The third-order valence-electron chi connectivity index (χ3n) is 0.904. The Morgan fingerprint density at radius 2 is 2.11 bits per heavy atom. The average molecular weight is 301 g/mol. The molecular weight excluding hydrogens is 298 g/mol. The van der Waals surface area contributed by atoms with E-state index in [1.807, 2.05) is 6.07 Å². The van der Waals surface area contributed by atoms with Crippen molar-refractivity contribution in [3.63, 3.8) is 0 Å². The maximum absolute atomic E-state index is 12.5. The van der Waals surface area contributed by atoms with Gasteiger partial charge in [-0.05, 0) is 50.7 Å². The van der Waals surface area contributed by atoms with Crippen molar-refractivity contribution in [3.05, 3.63) is 32.1 Å². The first-order valence-corrected chi connectivity index (χ1v) is 4.18. The highest BCUT2D eigenvalue weighted by Crippen LogP contribution is 2.21. The predicted molar refractivity (Wildman–Crippen MR) is 46.8 cm³/mol. The number of hydrogen-bond acceptors (Lipinski definition) is 0. The molecule has 0 bridgehead atoms. The molecule has 0 nitrogen and oxygen atoms in total. The average Bonchev–Trinajstić information content (AvgIpc) is 1.83. The molecule has 0 aliphatic carbocycles. The molecule has 0 aliphatic rings. The summed E-state index contributed by atoms with van der Waals surface area (Å²) in [6.07, 6.45) is 0. The molecule has 48 valence electrons. The second-order valence-corrected chi connectivity index (χ2v) is 3.49. The van der Waals surface area contributed by atoms with Gasteiger partial charge in [-0.25, -0.2) is 4.39 Å². The van der Waals surface area contributed by atoms with E-state index in [0.29, 0.717) is 4.47 Å². The van der Waals surface area contributed by atoms with Crippen LogP contribution in [0.5, 0.6) is 0 Å². The molecule has 0 saturated carbocycles. The first-order valence-electron chi connectivity index (χ1n) is 2.31. The number of hydrogen-bond donors (Lipinski definition) is 0. The van der Waals surface area contributed by atoms with E-state index in [1.165, 1.54) is 6.07 Å². The Hall–Kier alpha value is 0.360. The molecule has 0 aliphatic heterocycles. The minimum absolute atomic E-state index is 0.207. The van der Waals surface area contributed by atoms with Crippen LogP contribution in [-0.2, 0) is 0 Å². The second-order valence-electron chi connectivity index (χ2n) is 1.54. The molecule has 3 heteroatoms. The van der Waals surface area contributed by atoms with Gasteiger partial charge in [-0.3, -0.25) is 0 Å². The van der Waals surface area contributed by atoms with Crippen molar-refractivity contribution >= 4 is 38.5 Å². The summed E-state index contributed by atoms with van der Waals surface area (Å²) in [5.74, 6) is -0.207. The van der Waals surface area contributed by atoms with E-state index in [4.69, 9.17) is 0 Å². The van der Waals surface area contributed by atoms with Crippen molar-refractivity contribution in [2.24, 2.45) is 0 Å². The molecule has 0 heterocycles. The largest absolute Gasteiger partial charge is 0.206 e. The van der Waals surface area contributed by atoms with Gasteiger partial charge in [-0.2, -0.15) is 0 Å². The molecule has 0 N–H and O–H groups in total. The third-order valence-corrected chi connectivity index (χ3v) is 3.35. The fourth-order valence-electron chi connectivity index (χ4n) is 0.477. The maximum atomic E-state index is 12.5. The van der Waals surface area contributed by atoms with Crippen LogP contribution < -0.4 is 0 Å². The summed E-state index contributed by atoms with van der Waals surface area (Å²) in [6, 6.07) is 4.95. The zero-order valence-electron chi connectivity index (χ0n) is 4.37. The van der Waals surface area contributed by atoms with E-state index in [9.17, 15) is 4.39 Å². The fraction of sp³-hybridized carbons (Fsp3) is 0. The van der Waals surface area contributed by atoms with Crippen LogP contribution in [0.15, 0.2) is 22.7 Å². The van der Waals surface area contributed by atoms with E-state index >= 15 is 0 Å². The molecule has 0 radical (unpaired) electrons. The molecule has 1 aromatic rings. The van der Waals surface area contributed by atoms with Crippen LogP contribution in [0, 0.1) is 9.39 Å². The SMILES string of the molecule is Fc1cccc(I)c1Br. The summed E-state index contributed by atoms with van der Waals surface area (Å²) in [7, 11) is 0. The molecule has 1 aromatic carbocycles. The summed E-state index contributed by atoms with van der Waals surface area (Å²) in [6.45, 7) is 0. The zero-order valence-corrected chi connectivity index (χ0v) is 8.11. The molecule has 0 aromatic heterocycles. The van der Waals surface area contributed by atoms with Crippen molar-refractivity contribution in [1.82, 2.24) is 0 Å². The van der Waals surface area contributed by atoms with Crippen LogP contribution in [0.1, 0.15) is 0 Å². The number of halogens is 3. The van der Waals surface area contributed by atoms with Gasteiger partial charge in [-0.15, -0.1) is 0 Å². The monoisotopic (exact) mass is 300 g/mol. The lowest BCUT2D eigenvalue weighted by molar-refractivity contribution is 0.620. The van der Waals surface area contributed by atoms with Crippen molar-refractivity contribution in [1.29, 1.82) is 0 Å². The number of rotatable bonds is 0. The van der Waals surface area contributed by atoms with Gasteiger partial charge in [-0.1, -0.05) is 6.07 Å². The third kappa shape index (κ3) is 1.64. The summed E-state index contributed by atoms with van der Waals surface area (Å²) in [4.78, 5) is 0. The Morgan fingerprint density at radius 3 is 2.56 bits per heavy atom. The van der Waals surface area contributed by atoms with E-state index < -0.39 is 0 Å². The predicted octanol–water partition coefficient (Wildman–Crippen LogP) is 3.19. The first kappa shape index (κ1) is 7.47. The molecule has 9 heavy (non-hydrogen) atoms. The van der Waals surface area contributed by atoms with Gasteiger partial charge in [0.05, 0.1) is 4.47 Å². The molecule has 0 fully saturated rings. The molecular formula is C6H3BrFI. The van der Waals surface area contributed by atoms with Gasteiger partial charge < -0.3 is 0 Å². The lowest BCUT2D eigenvalue weighted by Crippen LogP contribution is -1.78. The van der Waals surface area contributed by atoms with E-state index in [0.717, 1.165) is 3.57 Å². The Bertz CT molecular complexity index is 204. The Kier molecular flexibility index (Phi) is 2.46. The topological polar surface area (TPSA) is 0 Å². The van der Waals surface area contributed by atoms with Crippen molar-refractivity contribution in [2.75, 3.05) is 0 Å². The highest BCUT2D eigenvalue weighted by Gasteiger charge is 1.99. The normalized spacial score (nSPS) is 9.67. The summed E-state index contributed by atoms with van der Waals surface area (Å²) >= 11 is 5.16. The summed E-state index contributed by atoms with van der Waals surface area (Å²) in [5, 5.41) is 0. The molecule has 0 amide bonds. The fourth-order valence-corrected chi connectivity index (χ4v) is 1.21. The highest BCUT2D eigenvalue weighted by molar-refractivity contribution is 14.1. The molecule has 0 unspecified atom stereocenters. The van der Waals surface area contributed by atoms with Gasteiger partial charge in [0.15, 0.2) is 0 Å². The smallest absolute Gasteiger partial charge is 0.138 e. The second kappa shape index (κ2) is 2.96. The minimum atomic E-state index is -0.207. The molecule has 0 atom stereocenters. The van der Waals surface area contributed by atoms with Gasteiger partial charge in [0.25, 0.3) is 0 Å². The molecule has 1 rings (SSSR count). The summed E-state index contributed by atoms with van der Waals surface area (Å²) < 4.78 is 14.0. The van der Waals surface area contributed by atoms with Crippen LogP contribution in [0.3, 0.4) is 0 Å². The van der Waals surface area contributed by atoms with E-state index in [1.54, 1.807) is 6.07 Å². The highest BCUT2D eigenvalue weighted by atomic mass is 127. The molecule has 0 spiro atoms. The Balaban J connectivity index is 3.25. The van der Waals surface area contributed by atoms with Crippen LogP contribution in [0.4, 0.5) is 4.39 Å². The van der Waals surface area contributed by atoms with Gasteiger partial charge in [0.2, 0.25) is 0 Å².